The lowest BCUT2D eigenvalue weighted by atomic mass is 10.1. The Morgan fingerprint density at radius 2 is 1.65 bits per heavy atom. The van der Waals surface area contributed by atoms with Crippen LogP contribution in [-0.4, -0.2) is 49.7 Å². The molecule has 4 rings (SSSR count). The zero-order valence-electron chi connectivity index (χ0n) is 17.6. The highest BCUT2D eigenvalue weighted by Gasteiger charge is 2.32. The summed E-state index contributed by atoms with van der Waals surface area (Å²) in [7, 11) is -3.78. The van der Waals surface area contributed by atoms with E-state index < -0.39 is 27.7 Å². The zero-order chi connectivity index (χ0) is 24.5. The molecule has 0 unspecified atom stereocenters. The van der Waals surface area contributed by atoms with E-state index in [4.69, 9.17) is 9.68 Å². The number of alkyl halides is 3. The second-order valence-corrected chi connectivity index (χ2v) is 9.51. The number of carbonyl (C=O) groups excluding carboxylic acids is 1. The Balaban J connectivity index is 1.43. The molecule has 0 radical (unpaired) electrons. The van der Waals surface area contributed by atoms with Crippen molar-refractivity contribution in [2.24, 2.45) is 0 Å². The standard InChI is InChI=1S/C23H18F3N3O4S/c24-23(25,26)18-3-1-2-17(14-18)20-8-9-21(33-20)22(30)28-10-12-29(13-11-28)34(31,32)19-6-4-16(15-27)5-7-19/h1-9,14H,10-13H2. The van der Waals surface area contributed by atoms with Crippen LogP contribution >= 0.6 is 0 Å². The summed E-state index contributed by atoms with van der Waals surface area (Å²) in [5, 5.41) is 8.87. The Morgan fingerprint density at radius 3 is 2.26 bits per heavy atom. The van der Waals surface area contributed by atoms with Gasteiger partial charge in [0.15, 0.2) is 5.76 Å². The lowest BCUT2D eigenvalue weighted by Crippen LogP contribution is -2.50. The molecule has 0 saturated carbocycles. The molecule has 0 aliphatic carbocycles. The maximum Gasteiger partial charge on any atom is 0.416 e. The summed E-state index contributed by atoms with van der Waals surface area (Å²) in [6.45, 7) is 0.367. The number of benzene rings is 2. The Morgan fingerprint density at radius 1 is 0.971 bits per heavy atom. The van der Waals surface area contributed by atoms with Gasteiger partial charge in [0.2, 0.25) is 10.0 Å². The first kappa shape index (κ1) is 23.5. The van der Waals surface area contributed by atoms with Crippen molar-refractivity contribution in [3.05, 3.63) is 77.6 Å². The Labute approximate surface area is 193 Å². The summed E-state index contributed by atoms with van der Waals surface area (Å²) in [6, 6.07) is 14.9. The fraction of sp³-hybridized carbons (Fsp3) is 0.217. The van der Waals surface area contributed by atoms with E-state index >= 15 is 0 Å². The van der Waals surface area contributed by atoms with Gasteiger partial charge in [0.1, 0.15) is 5.76 Å². The predicted octanol–water partition coefficient (Wildman–Crippen LogP) is 3.98. The molecule has 176 valence electrons. The monoisotopic (exact) mass is 489 g/mol. The van der Waals surface area contributed by atoms with Gasteiger partial charge in [-0.3, -0.25) is 4.79 Å². The lowest BCUT2D eigenvalue weighted by molar-refractivity contribution is -0.137. The molecule has 0 bridgehead atoms. The first-order valence-electron chi connectivity index (χ1n) is 10.2. The zero-order valence-corrected chi connectivity index (χ0v) is 18.4. The number of nitrogens with zero attached hydrogens (tertiary/aromatic N) is 3. The third kappa shape index (κ3) is 4.69. The molecule has 1 fully saturated rings. The molecule has 1 aromatic heterocycles. The quantitative estimate of drug-likeness (QED) is 0.553. The summed E-state index contributed by atoms with van der Waals surface area (Å²) >= 11 is 0. The summed E-state index contributed by atoms with van der Waals surface area (Å²) in [4.78, 5) is 14.3. The first-order valence-corrected chi connectivity index (χ1v) is 11.6. The number of nitriles is 1. The number of sulfonamides is 1. The van der Waals surface area contributed by atoms with E-state index in [-0.39, 0.29) is 48.2 Å². The number of furan rings is 1. The topological polar surface area (TPSA) is 94.6 Å². The molecule has 0 N–H and O–H groups in total. The predicted molar refractivity (Wildman–Crippen MR) is 115 cm³/mol. The highest BCUT2D eigenvalue weighted by molar-refractivity contribution is 7.89. The van der Waals surface area contributed by atoms with E-state index in [0.29, 0.717) is 5.56 Å². The molecule has 1 amide bonds. The molecule has 2 heterocycles. The van der Waals surface area contributed by atoms with Crippen molar-refractivity contribution in [2.75, 3.05) is 26.2 Å². The van der Waals surface area contributed by atoms with Gasteiger partial charge in [-0.2, -0.15) is 22.7 Å². The average Bonchev–Trinajstić information content (AvgIpc) is 3.34. The van der Waals surface area contributed by atoms with E-state index in [0.717, 1.165) is 12.1 Å². The third-order valence-electron chi connectivity index (χ3n) is 5.44. The van der Waals surface area contributed by atoms with Gasteiger partial charge >= 0.3 is 6.18 Å². The van der Waals surface area contributed by atoms with Crippen molar-refractivity contribution >= 4 is 15.9 Å². The molecule has 11 heteroatoms. The van der Waals surface area contributed by atoms with Gasteiger partial charge in [-0.05, 0) is 48.5 Å². The molecule has 2 aromatic carbocycles. The van der Waals surface area contributed by atoms with Crippen LogP contribution in [0.15, 0.2) is 70.0 Å². The normalized spacial score (nSPS) is 15.2. The number of amides is 1. The number of piperazine rings is 1. The van der Waals surface area contributed by atoms with Gasteiger partial charge in [-0.1, -0.05) is 12.1 Å². The van der Waals surface area contributed by atoms with Gasteiger partial charge in [-0.15, -0.1) is 0 Å². The van der Waals surface area contributed by atoms with E-state index in [2.05, 4.69) is 0 Å². The van der Waals surface area contributed by atoms with Gasteiger partial charge in [0.05, 0.1) is 22.1 Å². The molecule has 34 heavy (non-hydrogen) atoms. The van der Waals surface area contributed by atoms with Gasteiger partial charge in [0, 0.05) is 31.7 Å². The van der Waals surface area contributed by atoms with Crippen LogP contribution in [-0.2, 0) is 16.2 Å². The van der Waals surface area contributed by atoms with Crippen LogP contribution in [0.3, 0.4) is 0 Å². The van der Waals surface area contributed by atoms with Crippen molar-refractivity contribution in [1.29, 1.82) is 5.26 Å². The van der Waals surface area contributed by atoms with E-state index in [1.54, 1.807) is 0 Å². The van der Waals surface area contributed by atoms with Crippen molar-refractivity contribution in [2.45, 2.75) is 11.1 Å². The second kappa shape index (κ2) is 8.96. The maximum atomic E-state index is 13.0. The van der Waals surface area contributed by atoms with Crippen molar-refractivity contribution in [1.82, 2.24) is 9.21 Å². The van der Waals surface area contributed by atoms with Crippen LogP contribution in [0.1, 0.15) is 21.7 Å². The fourth-order valence-electron chi connectivity index (χ4n) is 3.59. The van der Waals surface area contributed by atoms with Crippen LogP contribution in [0, 0.1) is 11.3 Å². The highest BCUT2D eigenvalue weighted by atomic mass is 32.2. The molecule has 0 atom stereocenters. The van der Waals surface area contributed by atoms with Crippen LogP contribution in [0.4, 0.5) is 13.2 Å². The van der Waals surface area contributed by atoms with Crippen LogP contribution in [0.5, 0.6) is 0 Å². The Hall–Kier alpha value is -3.62. The number of hydrogen-bond donors (Lipinski definition) is 0. The summed E-state index contributed by atoms with van der Waals surface area (Å²) in [5.74, 6) is -0.402. The largest absolute Gasteiger partial charge is 0.451 e. The lowest BCUT2D eigenvalue weighted by Gasteiger charge is -2.33. The molecule has 7 nitrogen and oxygen atoms in total. The fourth-order valence-corrected chi connectivity index (χ4v) is 5.02. The van der Waals surface area contributed by atoms with E-state index in [1.165, 1.54) is 57.7 Å². The minimum absolute atomic E-state index is 0.0455. The summed E-state index contributed by atoms with van der Waals surface area (Å²) < 4.78 is 71.3. The van der Waals surface area contributed by atoms with Crippen molar-refractivity contribution < 1.29 is 30.8 Å². The summed E-state index contributed by atoms with van der Waals surface area (Å²) in [6.07, 6.45) is -4.50. The Kier molecular flexibility index (Phi) is 6.20. The third-order valence-corrected chi connectivity index (χ3v) is 7.35. The van der Waals surface area contributed by atoms with Gasteiger partial charge in [-0.25, -0.2) is 8.42 Å². The maximum absolute atomic E-state index is 13.0. The van der Waals surface area contributed by atoms with Gasteiger partial charge < -0.3 is 9.32 Å². The van der Waals surface area contributed by atoms with Crippen LogP contribution in [0.2, 0.25) is 0 Å². The number of rotatable bonds is 4. The molecular formula is C23H18F3N3O4S. The van der Waals surface area contributed by atoms with Gasteiger partial charge in [0.25, 0.3) is 5.91 Å². The first-order chi connectivity index (χ1) is 16.1. The minimum Gasteiger partial charge on any atom is -0.451 e. The number of carbonyl (C=O) groups is 1. The number of halogens is 3. The van der Waals surface area contributed by atoms with E-state index in [1.807, 2.05) is 6.07 Å². The molecule has 1 aliphatic rings. The highest BCUT2D eigenvalue weighted by Crippen LogP contribution is 2.33. The molecule has 3 aromatic rings. The minimum atomic E-state index is -4.50. The summed E-state index contributed by atoms with van der Waals surface area (Å²) in [5.41, 5.74) is -0.293. The average molecular weight is 489 g/mol. The molecular weight excluding hydrogens is 471 g/mol. The SMILES string of the molecule is N#Cc1ccc(S(=O)(=O)N2CCN(C(=O)c3ccc(-c4cccc(C(F)(F)F)c4)o3)CC2)cc1. The molecule has 1 aliphatic heterocycles. The Bertz CT molecular complexity index is 1350. The van der Waals surface area contributed by atoms with E-state index in [9.17, 15) is 26.4 Å². The van der Waals surface area contributed by atoms with Crippen molar-refractivity contribution in [3.8, 4) is 17.4 Å². The van der Waals surface area contributed by atoms with Crippen LogP contribution in [0.25, 0.3) is 11.3 Å². The second-order valence-electron chi connectivity index (χ2n) is 7.57. The van der Waals surface area contributed by atoms with Crippen molar-refractivity contribution in [3.63, 3.8) is 0 Å². The molecule has 1 saturated heterocycles. The molecule has 0 spiro atoms. The van der Waals surface area contributed by atoms with Crippen LogP contribution < -0.4 is 0 Å². The smallest absolute Gasteiger partial charge is 0.416 e. The number of hydrogen-bond acceptors (Lipinski definition) is 5.